The first kappa shape index (κ1) is 12.6. The Morgan fingerprint density at radius 3 is 2.71 bits per heavy atom. The van der Waals surface area contributed by atoms with E-state index >= 15 is 0 Å². The molecule has 1 aromatic carbocycles. The smallest absolute Gasteiger partial charge is 0.0320 e. The van der Waals surface area contributed by atoms with E-state index in [9.17, 15) is 0 Å². The number of rotatable bonds is 3. The van der Waals surface area contributed by atoms with Gasteiger partial charge >= 0.3 is 0 Å². The number of nitrogens with zero attached hydrogens (tertiary/aromatic N) is 1. The summed E-state index contributed by atoms with van der Waals surface area (Å²) in [6.07, 6.45) is 1.28. The molecule has 1 saturated heterocycles. The Labute approximate surface area is 105 Å². The van der Waals surface area contributed by atoms with Gasteiger partial charge in [-0.25, -0.2) is 0 Å². The van der Waals surface area contributed by atoms with Crippen molar-refractivity contribution in [1.82, 2.24) is 4.90 Å². The van der Waals surface area contributed by atoms with Crippen molar-refractivity contribution >= 4 is 0 Å². The van der Waals surface area contributed by atoms with Crippen molar-refractivity contribution in [2.45, 2.75) is 26.3 Å². The largest absolute Gasteiger partial charge is 0.330 e. The predicted octanol–water partition coefficient (Wildman–Crippen LogP) is 2.66. The fourth-order valence-electron chi connectivity index (χ4n) is 2.78. The number of likely N-dealkylation sites (tertiary alicyclic amines) is 1. The molecule has 1 aromatic rings. The fraction of sp³-hybridized carbons (Fsp3) is 0.600. The molecule has 3 atom stereocenters. The van der Waals surface area contributed by atoms with Gasteiger partial charge in [0.1, 0.15) is 0 Å². The molecule has 0 aliphatic carbocycles. The zero-order valence-electron chi connectivity index (χ0n) is 11.0. The lowest BCUT2D eigenvalue weighted by atomic mass is 9.86. The van der Waals surface area contributed by atoms with E-state index in [2.05, 4.69) is 49.1 Å². The Kier molecular flexibility index (Phi) is 4.19. The average molecular weight is 232 g/mol. The number of nitrogens with two attached hydrogens (primary N) is 1. The summed E-state index contributed by atoms with van der Waals surface area (Å²) >= 11 is 0. The monoisotopic (exact) mass is 232 g/mol. The predicted molar refractivity (Wildman–Crippen MR) is 72.8 cm³/mol. The van der Waals surface area contributed by atoms with Gasteiger partial charge in [-0.2, -0.15) is 0 Å². The third-order valence-electron chi connectivity index (χ3n) is 4.28. The van der Waals surface area contributed by atoms with E-state index in [4.69, 9.17) is 5.73 Å². The van der Waals surface area contributed by atoms with Crippen LogP contribution < -0.4 is 5.73 Å². The van der Waals surface area contributed by atoms with Crippen LogP contribution in [0.4, 0.5) is 0 Å². The van der Waals surface area contributed by atoms with Crippen LogP contribution in [0.5, 0.6) is 0 Å². The van der Waals surface area contributed by atoms with Gasteiger partial charge in [0.25, 0.3) is 0 Å². The van der Waals surface area contributed by atoms with Gasteiger partial charge in [-0.3, -0.25) is 4.90 Å². The molecule has 1 aliphatic rings. The molecule has 2 rings (SSSR count). The number of hydrogen-bond donors (Lipinski definition) is 1. The maximum absolute atomic E-state index is 5.87. The van der Waals surface area contributed by atoms with Crippen LogP contribution >= 0.6 is 0 Å². The van der Waals surface area contributed by atoms with Gasteiger partial charge in [-0.1, -0.05) is 37.3 Å². The first-order valence-corrected chi connectivity index (χ1v) is 6.71. The summed E-state index contributed by atoms with van der Waals surface area (Å²) in [5.41, 5.74) is 7.28. The highest BCUT2D eigenvalue weighted by atomic mass is 15.2. The fourth-order valence-corrected chi connectivity index (χ4v) is 2.78. The van der Waals surface area contributed by atoms with E-state index in [1.54, 1.807) is 0 Å². The highest BCUT2D eigenvalue weighted by molar-refractivity contribution is 5.18. The summed E-state index contributed by atoms with van der Waals surface area (Å²) in [7, 11) is 0. The molecule has 1 fully saturated rings. The quantitative estimate of drug-likeness (QED) is 0.868. The Morgan fingerprint density at radius 1 is 1.35 bits per heavy atom. The number of hydrogen-bond acceptors (Lipinski definition) is 2. The van der Waals surface area contributed by atoms with E-state index in [1.165, 1.54) is 18.5 Å². The van der Waals surface area contributed by atoms with Crippen molar-refractivity contribution in [3.8, 4) is 0 Å². The average Bonchev–Trinajstić information content (AvgIpc) is 2.39. The highest BCUT2D eigenvalue weighted by Gasteiger charge is 2.27. The molecular formula is C15H24N2. The van der Waals surface area contributed by atoms with E-state index in [1.807, 2.05) is 0 Å². The molecule has 2 heteroatoms. The zero-order valence-corrected chi connectivity index (χ0v) is 11.0. The van der Waals surface area contributed by atoms with Gasteiger partial charge in [0.2, 0.25) is 0 Å². The molecule has 0 amide bonds. The molecule has 1 heterocycles. The minimum absolute atomic E-state index is 0.512. The molecule has 0 radical (unpaired) electrons. The molecule has 0 spiro atoms. The van der Waals surface area contributed by atoms with Gasteiger partial charge < -0.3 is 5.73 Å². The molecule has 1 aliphatic heterocycles. The van der Waals surface area contributed by atoms with Crippen molar-refractivity contribution in [2.24, 2.45) is 17.6 Å². The van der Waals surface area contributed by atoms with E-state index in [0.29, 0.717) is 12.0 Å². The molecule has 2 N–H and O–H groups in total. The normalized spacial score (nSPS) is 27.9. The third kappa shape index (κ3) is 2.88. The Balaban J connectivity index is 2.03. The minimum atomic E-state index is 0.512. The molecule has 3 unspecified atom stereocenters. The third-order valence-corrected chi connectivity index (χ3v) is 4.28. The topological polar surface area (TPSA) is 29.3 Å². The van der Waals surface area contributed by atoms with Gasteiger partial charge in [0.05, 0.1) is 0 Å². The first-order valence-electron chi connectivity index (χ1n) is 6.71. The minimum Gasteiger partial charge on any atom is -0.330 e. The summed E-state index contributed by atoms with van der Waals surface area (Å²) in [6.45, 7) is 7.81. The van der Waals surface area contributed by atoms with Gasteiger partial charge in [-0.05, 0) is 43.8 Å². The number of piperidine rings is 1. The summed E-state index contributed by atoms with van der Waals surface area (Å²) in [5, 5.41) is 0. The van der Waals surface area contributed by atoms with E-state index in [0.717, 1.165) is 19.0 Å². The maximum atomic E-state index is 5.87. The van der Waals surface area contributed by atoms with Crippen molar-refractivity contribution < 1.29 is 0 Å². The second-order valence-electron chi connectivity index (χ2n) is 5.34. The summed E-state index contributed by atoms with van der Waals surface area (Å²) in [5.74, 6) is 1.44. The Morgan fingerprint density at radius 2 is 2.06 bits per heavy atom. The molecular weight excluding hydrogens is 208 g/mol. The molecule has 94 valence electrons. The second-order valence-corrected chi connectivity index (χ2v) is 5.34. The lowest BCUT2D eigenvalue weighted by molar-refractivity contribution is 0.0978. The van der Waals surface area contributed by atoms with Crippen LogP contribution in [0.2, 0.25) is 0 Å². The SMILES string of the molecule is CC1CCN(C(C)c2ccccc2)CC1CN. The maximum Gasteiger partial charge on any atom is 0.0320 e. The molecule has 2 nitrogen and oxygen atoms in total. The van der Waals surface area contributed by atoms with Crippen LogP contribution in [0.25, 0.3) is 0 Å². The molecule has 0 saturated carbocycles. The molecule has 0 bridgehead atoms. The Hall–Kier alpha value is -0.860. The second kappa shape index (κ2) is 5.65. The van der Waals surface area contributed by atoms with Crippen molar-refractivity contribution in [1.29, 1.82) is 0 Å². The van der Waals surface area contributed by atoms with Crippen LogP contribution in [-0.4, -0.2) is 24.5 Å². The van der Waals surface area contributed by atoms with Gasteiger partial charge in [0.15, 0.2) is 0 Å². The van der Waals surface area contributed by atoms with Gasteiger partial charge in [-0.15, -0.1) is 0 Å². The number of benzene rings is 1. The molecule has 0 aromatic heterocycles. The lowest BCUT2D eigenvalue weighted by Crippen LogP contribution is -2.43. The Bertz CT molecular complexity index is 336. The van der Waals surface area contributed by atoms with Crippen LogP contribution in [-0.2, 0) is 0 Å². The van der Waals surface area contributed by atoms with Crippen LogP contribution in [0.15, 0.2) is 30.3 Å². The lowest BCUT2D eigenvalue weighted by Gasteiger charge is -2.40. The summed E-state index contributed by atoms with van der Waals surface area (Å²) < 4.78 is 0. The standard InChI is InChI=1S/C15H24N2/c1-12-8-9-17(11-15(12)10-16)13(2)14-6-4-3-5-7-14/h3-7,12-13,15H,8-11,16H2,1-2H3. The van der Waals surface area contributed by atoms with Crippen LogP contribution in [0, 0.1) is 11.8 Å². The van der Waals surface area contributed by atoms with Crippen LogP contribution in [0.3, 0.4) is 0 Å². The van der Waals surface area contributed by atoms with E-state index in [-0.39, 0.29) is 0 Å². The van der Waals surface area contributed by atoms with Gasteiger partial charge in [0, 0.05) is 12.6 Å². The van der Waals surface area contributed by atoms with Crippen molar-refractivity contribution in [3.05, 3.63) is 35.9 Å². The van der Waals surface area contributed by atoms with E-state index < -0.39 is 0 Å². The first-order chi connectivity index (χ1) is 8.22. The van der Waals surface area contributed by atoms with Crippen molar-refractivity contribution in [3.63, 3.8) is 0 Å². The van der Waals surface area contributed by atoms with Crippen molar-refractivity contribution in [2.75, 3.05) is 19.6 Å². The van der Waals surface area contributed by atoms with Crippen LogP contribution in [0.1, 0.15) is 31.9 Å². The molecule has 17 heavy (non-hydrogen) atoms. The zero-order chi connectivity index (χ0) is 12.3. The summed E-state index contributed by atoms with van der Waals surface area (Å²) in [4.78, 5) is 2.58. The summed E-state index contributed by atoms with van der Waals surface area (Å²) in [6, 6.07) is 11.3. The highest BCUT2D eigenvalue weighted by Crippen LogP contribution is 2.29.